The molecule has 3 rings (SSSR count). The second-order valence-corrected chi connectivity index (χ2v) is 8.65. The quantitative estimate of drug-likeness (QED) is 0.393. The van der Waals surface area contributed by atoms with Gasteiger partial charge in [0.05, 0.1) is 33.8 Å². The Morgan fingerprint density at radius 2 is 1.62 bits per heavy atom. The SMILES string of the molecule is COC(=O)c1c(NC(=O)c2ccc(C)cc2)sc(C(=O)Nc2cc(C(F)(F)F)ccc2Cl)c1C. The van der Waals surface area contributed by atoms with E-state index in [2.05, 4.69) is 10.6 Å². The van der Waals surface area contributed by atoms with Crippen molar-refractivity contribution in [3.8, 4) is 0 Å². The molecule has 0 fully saturated rings. The van der Waals surface area contributed by atoms with Crippen molar-refractivity contribution in [3.05, 3.63) is 80.2 Å². The number of carbonyl (C=O) groups excluding carboxylic acids is 3. The molecule has 0 spiro atoms. The molecular formula is C23H18ClF3N2O4S. The van der Waals surface area contributed by atoms with E-state index in [1.807, 2.05) is 6.92 Å². The summed E-state index contributed by atoms with van der Waals surface area (Å²) in [5.41, 5.74) is 0.195. The van der Waals surface area contributed by atoms with Gasteiger partial charge in [0.25, 0.3) is 11.8 Å². The van der Waals surface area contributed by atoms with E-state index in [-0.39, 0.29) is 31.7 Å². The molecular weight excluding hydrogens is 493 g/mol. The Labute approximate surface area is 201 Å². The van der Waals surface area contributed by atoms with Crippen molar-refractivity contribution in [1.82, 2.24) is 0 Å². The minimum Gasteiger partial charge on any atom is -0.465 e. The number of halogens is 4. The number of hydrogen-bond acceptors (Lipinski definition) is 5. The molecule has 6 nitrogen and oxygen atoms in total. The van der Waals surface area contributed by atoms with Gasteiger partial charge in [-0.3, -0.25) is 9.59 Å². The Hall–Kier alpha value is -3.37. The molecule has 0 aliphatic carbocycles. The van der Waals surface area contributed by atoms with Crippen LogP contribution in [-0.4, -0.2) is 24.9 Å². The van der Waals surface area contributed by atoms with Crippen LogP contribution in [0.25, 0.3) is 0 Å². The fourth-order valence-electron chi connectivity index (χ4n) is 3.02. The number of amides is 2. The molecule has 34 heavy (non-hydrogen) atoms. The van der Waals surface area contributed by atoms with Gasteiger partial charge in [0, 0.05) is 5.56 Å². The van der Waals surface area contributed by atoms with E-state index >= 15 is 0 Å². The molecule has 2 amide bonds. The summed E-state index contributed by atoms with van der Waals surface area (Å²) in [6.07, 6.45) is -4.63. The van der Waals surface area contributed by atoms with Gasteiger partial charge >= 0.3 is 12.1 Å². The highest BCUT2D eigenvalue weighted by molar-refractivity contribution is 7.19. The predicted molar refractivity (Wildman–Crippen MR) is 124 cm³/mol. The van der Waals surface area contributed by atoms with Gasteiger partial charge < -0.3 is 15.4 Å². The molecule has 0 aliphatic rings. The first kappa shape index (κ1) is 25.3. The van der Waals surface area contributed by atoms with Crippen LogP contribution in [0.1, 0.15) is 47.1 Å². The van der Waals surface area contributed by atoms with Crippen LogP contribution in [-0.2, 0) is 10.9 Å². The van der Waals surface area contributed by atoms with Crippen molar-refractivity contribution in [2.75, 3.05) is 17.7 Å². The number of carbonyl (C=O) groups is 3. The molecule has 178 valence electrons. The normalized spacial score (nSPS) is 11.1. The third kappa shape index (κ3) is 5.40. The second kappa shape index (κ2) is 9.86. The van der Waals surface area contributed by atoms with Crippen molar-refractivity contribution in [3.63, 3.8) is 0 Å². The third-order valence-electron chi connectivity index (χ3n) is 4.83. The first-order valence-corrected chi connectivity index (χ1v) is 10.9. The highest BCUT2D eigenvalue weighted by Gasteiger charge is 2.32. The number of anilines is 2. The van der Waals surface area contributed by atoms with E-state index in [0.717, 1.165) is 36.1 Å². The maximum Gasteiger partial charge on any atom is 0.416 e. The summed E-state index contributed by atoms with van der Waals surface area (Å²) < 4.78 is 43.9. The van der Waals surface area contributed by atoms with Gasteiger partial charge in [-0.15, -0.1) is 11.3 Å². The summed E-state index contributed by atoms with van der Waals surface area (Å²) in [5.74, 6) is -2.10. The number of aryl methyl sites for hydroxylation is 1. The zero-order valence-electron chi connectivity index (χ0n) is 18.1. The minimum absolute atomic E-state index is 0.00640. The van der Waals surface area contributed by atoms with Gasteiger partial charge in [-0.2, -0.15) is 13.2 Å². The van der Waals surface area contributed by atoms with Crippen LogP contribution in [0.3, 0.4) is 0 Å². The molecule has 0 saturated carbocycles. The highest BCUT2D eigenvalue weighted by Crippen LogP contribution is 2.37. The number of ether oxygens (including phenoxy) is 1. The fraction of sp³-hybridized carbons (Fsp3) is 0.174. The molecule has 1 heterocycles. The maximum absolute atomic E-state index is 13.0. The van der Waals surface area contributed by atoms with E-state index < -0.39 is 29.5 Å². The predicted octanol–water partition coefficient (Wildman–Crippen LogP) is 6.33. The van der Waals surface area contributed by atoms with Crippen LogP contribution in [0.4, 0.5) is 23.9 Å². The largest absolute Gasteiger partial charge is 0.465 e. The van der Waals surface area contributed by atoms with Gasteiger partial charge in [0.2, 0.25) is 0 Å². The average Bonchev–Trinajstić information content (AvgIpc) is 3.10. The second-order valence-electron chi connectivity index (χ2n) is 7.22. The van der Waals surface area contributed by atoms with Gasteiger partial charge in [-0.05, 0) is 49.7 Å². The van der Waals surface area contributed by atoms with Gasteiger partial charge in [-0.25, -0.2) is 4.79 Å². The molecule has 0 bridgehead atoms. The summed E-state index contributed by atoms with van der Waals surface area (Å²) in [4.78, 5) is 37.9. The molecule has 3 aromatic rings. The topological polar surface area (TPSA) is 84.5 Å². The van der Waals surface area contributed by atoms with Crippen molar-refractivity contribution in [1.29, 1.82) is 0 Å². The van der Waals surface area contributed by atoms with E-state index in [1.54, 1.807) is 24.3 Å². The summed E-state index contributed by atoms with van der Waals surface area (Å²) >= 11 is 6.75. The molecule has 11 heteroatoms. The zero-order valence-corrected chi connectivity index (χ0v) is 19.7. The van der Waals surface area contributed by atoms with Crippen LogP contribution in [0.5, 0.6) is 0 Å². The van der Waals surface area contributed by atoms with E-state index in [0.29, 0.717) is 11.6 Å². The summed E-state index contributed by atoms with van der Waals surface area (Å²) in [6.45, 7) is 3.33. The van der Waals surface area contributed by atoms with Crippen molar-refractivity contribution in [2.45, 2.75) is 20.0 Å². The lowest BCUT2D eigenvalue weighted by Gasteiger charge is -2.11. The molecule has 0 atom stereocenters. The Kier molecular flexibility index (Phi) is 7.32. The smallest absolute Gasteiger partial charge is 0.416 e. The van der Waals surface area contributed by atoms with Crippen LogP contribution in [0, 0.1) is 13.8 Å². The monoisotopic (exact) mass is 510 g/mol. The summed E-state index contributed by atoms with van der Waals surface area (Å²) in [6, 6.07) is 9.22. The van der Waals surface area contributed by atoms with Crippen molar-refractivity contribution < 1.29 is 32.3 Å². The lowest BCUT2D eigenvalue weighted by atomic mass is 10.1. The lowest BCUT2D eigenvalue weighted by Crippen LogP contribution is -2.15. The molecule has 2 N–H and O–H groups in total. The molecule has 0 saturated heterocycles. The minimum atomic E-state index is -4.63. The van der Waals surface area contributed by atoms with E-state index in [4.69, 9.17) is 16.3 Å². The van der Waals surface area contributed by atoms with Crippen LogP contribution < -0.4 is 10.6 Å². The molecule has 0 aliphatic heterocycles. The first-order chi connectivity index (χ1) is 15.9. The standard InChI is InChI=1S/C23H18ClF3N2O4S/c1-11-4-6-13(7-5-11)19(30)29-21-17(22(32)33-3)12(2)18(34-21)20(31)28-16-10-14(23(25,26)27)8-9-15(16)24/h4-10H,1-3H3,(H,28,31)(H,29,30). The molecule has 1 aromatic heterocycles. The van der Waals surface area contributed by atoms with Gasteiger partial charge in [0.15, 0.2) is 0 Å². The molecule has 0 radical (unpaired) electrons. The Morgan fingerprint density at radius 1 is 0.971 bits per heavy atom. The maximum atomic E-state index is 13.0. The van der Waals surface area contributed by atoms with Gasteiger partial charge in [0.1, 0.15) is 5.00 Å². The number of thiophene rings is 1. The fourth-order valence-corrected chi connectivity index (χ4v) is 4.27. The van der Waals surface area contributed by atoms with Crippen LogP contribution in [0.15, 0.2) is 42.5 Å². The number of rotatable bonds is 5. The van der Waals surface area contributed by atoms with Crippen molar-refractivity contribution in [2.24, 2.45) is 0 Å². The number of benzene rings is 2. The number of hydrogen-bond donors (Lipinski definition) is 2. The van der Waals surface area contributed by atoms with Crippen LogP contribution in [0.2, 0.25) is 5.02 Å². The lowest BCUT2D eigenvalue weighted by molar-refractivity contribution is -0.137. The number of alkyl halides is 3. The summed E-state index contributed by atoms with van der Waals surface area (Å²) in [5, 5.41) is 4.91. The zero-order chi connectivity index (χ0) is 25.2. The molecule has 0 unspecified atom stereocenters. The highest BCUT2D eigenvalue weighted by atomic mass is 35.5. The van der Waals surface area contributed by atoms with Gasteiger partial charge in [-0.1, -0.05) is 29.3 Å². The first-order valence-electron chi connectivity index (χ1n) is 9.70. The number of methoxy groups -OCH3 is 1. The average molecular weight is 511 g/mol. The Morgan fingerprint density at radius 3 is 2.21 bits per heavy atom. The third-order valence-corrected chi connectivity index (χ3v) is 6.36. The Bertz CT molecular complexity index is 1270. The van der Waals surface area contributed by atoms with Crippen molar-refractivity contribution >= 4 is 51.4 Å². The van der Waals surface area contributed by atoms with Crippen LogP contribution >= 0.6 is 22.9 Å². The van der Waals surface area contributed by atoms with E-state index in [1.165, 1.54) is 6.92 Å². The Balaban J connectivity index is 1.95. The van der Waals surface area contributed by atoms with E-state index in [9.17, 15) is 27.6 Å². The molecule has 2 aromatic carbocycles. The number of nitrogens with one attached hydrogen (secondary N) is 2. The number of esters is 1. The summed E-state index contributed by atoms with van der Waals surface area (Å²) in [7, 11) is 1.15.